The third-order valence-electron chi connectivity index (χ3n) is 6.59. The van der Waals surface area contributed by atoms with E-state index < -0.39 is 0 Å². The minimum absolute atomic E-state index is 0.691. The third-order valence-corrected chi connectivity index (χ3v) is 6.59. The van der Waals surface area contributed by atoms with Gasteiger partial charge in [-0.15, -0.1) is 0 Å². The van der Waals surface area contributed by atoms with Crippen LogP contribution in [0.5, 0.6) is 11.5 Å². The fourth-order valence-corrected chi connectivity index (χ4v) is 4.91. The topological polar surface area (TPSA) is 59.5 Å². The molecule has 2 aliphatic rings. The van der Waals surface area contributed by atoms with E-state index in [4.69, 9.17) is 14.5 Å². The van der Waals surface area contributed by atoms with Crippen molar-refractivity contribution in [3.05, 3.63) is 53.5 Å². The molecular weight excluding hydrogens is 400 g/mol. The molecule has 0 bridgehead atoms. The van der Waals surface area contributed by atoms with Crippen molar-refractivity contribution in [1.29, 1.82) is 0 Å². The van der Waals surface area contributed by atoms with Gasteiger partial charge in [0, 0.05) is 48.3 Å². The molecule has 3 aromatic rings. The second kappa shape index (κ2) is 9.74. The molecule has 32 heavy (non-hydrogen) atoms. The van der Waals surface area contributed by atoms with E-state index in [0.717, 1.165) is 61.2 Å². The zero-order valence-corrected chi connectivity index (χ0v) is 18.9. The first-order valence-electron chi connectivity index (χ1n) is 11.8. The average Bonchev–Trinajstić information content (AvgIpc) is 3.51. The van der Waals surface area contributed by atoms with Crippen LogP contribution in [0.3, 0.4) is 0 Å². The summed E-state index contributed by atoms with van der Waals surface area (Å²) in [6, 6.07) is 8.24. The molecule has 0 amide bonds. The molecule has 1 fully saturated rings. The van der Waals surface area contributed by atoms with E-state index in [2.05, 4.69) is 27.3 Å². The van der Waals surface area contributed by atoms with E-state index in [1.54, 1.807) is 7.11 Å². The predicted octanol–water partition coefficient (Wildman–Crippen LogP) is 4.60. The number of methoxy groups -OCH3 is 1. The second-order valence-electron chi connectivity index (χ2n) is 8.75. The molecule has 0 radical (unpaired) electrons. The number of hydrogen-bond acceptors (Lipinski definition) is 6. The molecule has 6 heteroatoms. The van der Waals surface area contributed by atoms with E-state index in [1.165, 1.54) is 48.4 Å². The molecule has 1 aliphatic heterocycles. The summed E-state index contributed by atoms with van der Waals surface area (Å²) < 4.78 is 11.9. The van der Waals surface area contributed by atoms with Crippen molar-refractivity contribution in [3.8, 4) is 11.5 Å². The highest BCUT2D eigenvalue weighted by molar-refractivity contribution is 5.96. The summed E-state index contributed by atoms with van der Waals surface area (Å²) in [6.07, 6.45) is 10.6. The van der Waals surface area contributed by atoms with Crippen molar-refractivity contribution in [2.24, 2.45) is 0 Å². The molecule has 1 N–H and O–H groups in total. The first-order chi connectivity index (χ1) is 15.8. The van der Waals surface area contributed by atoms with Gasteiger partial charge in [0.15, 0.2) is 11.5 Å². The van der Waals surface area contributed by atoms with Crippen LogP contribution in [0.2, 0.25) is 0 Å². The molecule has 0 atom stereocenters. The highest BCUT2D eigenvalue weighted by Crippen LogP contribution is 2.39. The van der Waals surface area contributed by atoms with E-state index in [-0.39, 0.29) is 0 Å². The Morgan fingerprint density at radius 3 is 2.69 bits per heavy atom. The standard InChI is InChI=1S/C26H32N4O2/c1-31-24-16-21-23(17-25(24)32-15-5-14-30-12-2-3-13-30)29-22-7-4-6-20(22)26(21)28-18-19-8-10-27-11-9-19/h8-11,16-17H,2-7,12-15,18H2,1H3,(H,28,29). The maximum atomic E-state index is 6.17. The zero-order chi connectivity index (χ0) is 21.8. The van der Waals surface area contributed by atoms with Gasteiger partial charge in [0.25, 0.3) is 0 Å². The van der Waals surface area contributed by atoms with Crippen LogP contribution in [0.15, 0.2) is 36.7 Å². The van der Waals surface area contributed by atoms with Crippen molar-refractivity contribution in [2.75, 3.05) is 38.7 Å². The van der Waals surface area contributed by atoms with Crippen LogP contribution in [0.1, 0.15) is 42.5 Å². The second-order valence-corrected chi connectivity index (χ2v) is 8.75. The molecule has 1 saturated heterocycles. The molecule has 6 nitrogen and oxygen atoms in total. The number of rotatable bonds is 9. The lowest BCUT2D eigenvalue weighted by atomic mass is 10.1. The van der Waals surface area contributed by atoms with Gasteiger partial charge in [-0.25, -0.2) is 0 Å². The number of aromatic nitrogens is 2. The smallest absolute Gasteiger partial charge is 0.163 e. The Hall–Kier alpha value is -2.86. The summed E-state index contributed by atoms with van der Waals surface area (Å²) in [7, 11) is 1.71. The molecule has 1 aromatic carbocycles. The molecule has 0 saturated carbocycles. The minimum Gasteiger partial charge on any atom is -0.493 e. The van der Waals surface area contributed by atoms with E-state index in [0.29, 0.717) is 6.61 Å². The van der Waals surface area contributed by atoms with Gasteiger partial charge < -0.3 is 19.7 Å². The van der Waals surface area contributed by atoms with Gasteiger partial charge >= 0.3 is 0 Å². The SMILES string of the molecule is COc1cc2c(NCc3ccncc3)c3c(nc2cc1OCCCN1CCCC1)CCC3. The van der Waals surface area contributed by atoms with Crippen molar-refractivity contribution in [3.63, 3.8) is 0 Å². The molecule has 0 spiro atoms. The maximum absolute atomic E-state index is 6.17. The van der Waals surface area contributed by atoms with Crippen LogP contribution in [0.25, 0.3) is 10.9 Å². The number of aryl methyl sites for hydroxylation is 1. The van der Waals surface area contributed by atoms with Crippen molar-refractivity contribution in [2.45, 2.75) is 45.1 Å². The van der Waals surface area contributed by atoms with Gasteiger partial charge in [0.05, 0.1) is 19.2 Å². The first-order valence-corrected chi connectivity index (χ1v) is 11.8. The lowest BCUT2D eigenvalue weighted by molar-refractivity contribution is 0.254. The lowest BCUT2D eigenvalue weighted by Gasteiger charge is -2.18. The summed E-state index contributed by atoms with van der Waals surface area (Å²) in [4.78, 5) is 11.6. The molecule has 5 rings (SSSR count). The lowest BCUT2D eigenvalue weighted by Crippen LogP contribution is -2.21. The van der Waals surface area contributed by atoms with E-state index in [9.17, 15) is 0 Å². The highest BCUT2D eigenvalue weighted by Gasteiger charge is 2.21. The van der Waals surface area contributed by atoms with Crippen molar-refractivity contribution >= 4 is 16.6 Å². The van der Waals surface area contributed by atoms with Gasteiger partial charge in [0.2, 0.25) is 0 Å². The minimum atomic E-state index is 0.691. The Balaban J connectivity index is 1.39. The molecular formula is C26H32N4O2. The van der Waals surface area contributed by atoms with Gasteiger partial charge in [-0.1, -0.05) is 0 Å². The Bertz CT molecular complexity index is 1060. The fraction of sp³-hybridized carbons (Fsp3) is 0.462. The summed E-state index contributed by atoms with van der Waals surface area (Å²) in [5.74, 6) is 1.55. The molecule has 1 aliphatic carbocycles. The van der Waals surface area contributed by atoms with Crippen LogP contribution in [-0.2, 0) is 19.4 Å². The monoisotopic (exact) mass is 432 g/mol. The van der Waals surface area contributed by atoms with Crippen LogP contribution < -0.4 is 14.8 Å². The largest absolute Gasteiger partial charge is 0.493 e. The predicted molar refractivity (Wildman–Crippen MR) is 128 cm³/mol. The van der Waals surface area contributed by atoms with Crippen molar-refractivity contribution < 1.29 is 9.47 Å². The van der Waals surface area contributed by atoms with Gasteiger partial charge in [-0.05, 0) is 80.9 Å². The molecule has 168 valence electrons. The van der Waals surface area contributed by atoms with Crippen LogP contribution >= 0.6 is 0 Å². The average molecular weight is 433 g/mol. The summed E-state index contributed by atoms with van der Waals surface area (Å²) in [5.41, 5.74) is 5.91. The number of anilines is 1. The normalized spacial score (nSPS) is 15.8. The summed E-state index contributed by atoms with van der Waals surface area (Å²) in [5, 5.41) is 4.79. The number of ether oxygens (including phenoxy) is 2. The van der Waals surface area contributed by atoms with Crippen molar-refractivity contribution in [1.82, 2.24) is 14.9 Å². The zero-order valence-electron chi connectivity index (χ0n) is 18.9. The number of nitrogens with one attached hydrogen (secondary N) is 1. The number of nitrogens with zero attached hydrogens (tertiary/aromatic N) is 3. The fourth-order valence-electron chi connectivity index (χ4n) is 4.91. The van der Waals surface area contributed by atoms with E-state index >= 15 is 0 Å². The number of benzene rings is 1. The van der Waals surface area contributed by atoms with E-state index in [1.807, 2.05) is 24.5 Å². The number of likely N-dealkylation sites (tertiary alicyclic amines) is 1. The first kappa shape index (κ1) is 21.0. The van der Waals surface area contributed by atoms with Gasteiger partial charge in [-0.2, -0.15) is 0 Å². The summed E-state index contributed by atoms with van der Waals surface area (Å²) in [6.45, 7) is 5.00. The Morgan fingerprint density at radius 1 is 1.03 bits per heavy atom. The number of hydrogen-bond donors (Lipinski definition) is 1. The number of fused-ring (bicyclic) bond motifs is 2. The highest BCUT2D eigenvalue weighted by atomic mass is 16.5. The van der Waals surface area contributed by atoms with Crippen LogP contribution in [0.4, 0.5) is 5.69 Å². The van der Waals surface area contributed by atoms with Gasteiger partial charge in [0.1, 0.15) is 0 Å². The van der Waals surface area contributed by atoms with Crippen LogP contribution in [-0.4, -0.2) is 48.2 Å². The van der Waals surface area contributed by atoms with Gasteiger partial charge in [-0.3, -0.25) is 9.97 Å². The van der Waals surface area contributed by atoms with Crippen LogP contribution in [0, 0.1) is 0 Å². The molecule has 2 aromatic heterocycles. The Morgan fingerprint density at radius 2 is 1.88 bits per heavy atom. The number of pyridine rings is 2. The molecule has 3 heterocycles. The quantitative estimate of drug-likeness (QED) is 0.499. The Labute approximate surface area is 190 Å². The Kier molecular flexibility index (Phi) is 6.39. The summed E-state index contributed by atoms with van der Waals surface area (Å²) >= 11 is 0. The third kappa shape index (κ3) is 4.51. The maximum Gasteiger partial charge on any atom is 0.163 e. The molecule has 0 unspecified atom stereocenters.